The van der Waals surface area contributed by atoms with Gasteiger partial charge in [0.1, 0.15) is 0 Å². The Morgan fingerprint density at radius 1 is 1.50 bits per heavy atom. The number of nitrogens with one attached hydrogen (secondary N) is 1. The van der Waals surface area contributed by atoms with Gasteiger partial charge in [0.05, 0.1) is 29.7 Å². The molecule has 1 unspecified atom stereocenters. The van der Waals surface area contributed by atoms with E-state index in [1.807, 2.05) is 6.92 Å². The second kappa shape index (κ2) is 6.15. The summed E-state index contributed by atoms with van der Waals surface area (Å²) in [6, 6.07) is -0.119. The maximum Gasteiger partial charge on any atom is 0.389 e. The van der Waals surface area contributed by atoms with Crippen molar-refractivity contribution in [3.05, 3.63) is 11.9 Å². The molecule has 0 saturated heterocycles. The molecule has 16 heavy (non-hydrogen) atoms. The Labute approximate surface area is 96.4 Å². The highest BCUT2D eigenvalue weighted by atomic mass is 32.1. The minimum Gasteiger partial charge on any atom is -0.309 e. The SMILES string of the molecule is CCNC(CCCC(F)(F)F)c1cnsn1. The highest BCUT2D eigenvalue weighted by molar-refractivity contribution is 6.99. The van der Waals surface area contributed by atoms with E-state index in [0.29, 0.717) is 13.0 Å². The van der Waals surface area contributed by atoms with E-state index in [9.17, 15) is 13.2 Å². The van der Waals surface area contributed by atoms with Crippen molar-refractivity contribution >= 4 is 11.7 Å². The fourth-order valence-corrected chi connectivity index (χ4v) is 1.90. The average molecular weight is 253 g/mol. The lowest BCUT2D eigenvalue weighted by molar-refractivity contribution is -0.135. The fraction of sp³-hybridized carbons (Fsp3) is 0.778. The van der Waals surface area contributed by atoms with Gasteiger partial charge >= 0.3 is 6.18 Å². The van der Waals surface area contributed by atoms with E-state index >= 15 is 0 Å². The zero-order valence-electron chi connectivity index (χ0n) is 8.92. The molecule has 0 aliphatic carbocycles. The molecule has 7 heteroatoms. The van der Waals surface area contributed by atoms with Gasteiger partial charge in [0.2, 0.25) is 0 Å². The molecule has 0 spiro atoms. The fourth-order valence-electron chi connectivity index (χ4n) is 1.43. The van der Waals surface area contributed by atoms with Gasteiger partial charge in [0.25, 0.3) is 0 Å². The predicted octanol–water partition coefficient (Wildman–Crippen LogP) is 2.92. The summed E-state index contributed by atoms with van der Waals surface area (Å²) in [5.74, 6) is 0. The minimum atomic E-state index is -4.07. The Kier molecular flexibility index (Phi) is 5.14. The van der Waals surface area contributed by atoms with Crippen molar-refractivity contribution in [2.45, 2.75) is 38.4 Å². The number of rotatable bonds is 6. The topological polar surface area (TPSA) is 37.8 Å². The van der Waals surface area contributed by atoms with E-state index < -0.39 is 12.6 Å². The quantitative estimate of drug-likeness (QED) is 0.847. The lowest BCUT2D eigenvalue weighted by Crippen LogP contribution is -2.21. The van der Waals surface area contributed by atoms with Crippen LogP contribution in [0.3, 0.4) is 0 Å². The highest BCUT2D eigenvalue weighted by Gasteiger charge is 2.27. The van der Waals surface area contributed by atoms with E-state index in [2.05, 4.69) is 14.1 Å². The minimum absolute atomic E-state index is 0.110. The first-order valence-electron chi connectivity index (χ1n) is 5.10. The number of nitrogens with zero attached hydrogens (tertiary/aromatic N) is 2. The van der Waals surface area contributed by atoms with E-state index in [1.165, 1.54) is 0 Å². The molecule has 0 aliphatic rings. The van der Waals surface area contributed by atoms with Crippen molar-refractivity contribution in [2.24, 2.45) is 0 Å². The normalized spacial score (nSPS) is 14.0. The first-order valence-corrected chi connectivity index (χ1v) is 5.83. The van der Waals surface area contributed by atoms with Gasteiger partial charge < -0.3 is 5.32 Å². The van der Waals surface area contributed by atoms with Crippen molar-refractivity contribution in [1.82, 2.24) is 14.1 Å². The van der Waals surface area contributed by atoms with E-state index in [-0.39, 0.29) is 12.5 Å². The Morgan fingerprint density at radius 2 is 2.25 bits per heavy atom. The van der Waals surface area contributed by atoms with Crippen LogP contribution in [0.1, 0.15) is 37.9 Å². The van der Waals surface area contributed by atoms with Crippen LogP contribution < -0.4 is 5.32 Å². The molecule has 0 fully saturated rings. The van der Waals surface area contributed by atoms with E-state index in [1.54, 1.807) is 6.20 Å². The molecule has 3 nitrogen and oxygen atoms in total. The first kappa shape index (κ1) is 13.4. The zero-order chi connectivity index (χ0) is 12.0. The Morgan fingerprint density at radius 3 is 2.75 bits per heavy atom. The Bertz CT molecular complexity index is 287. The number of halogens is 3. The summed E-state index contributed by atoms with van der Waals surface area (Å²) in [7, 11) is 0. The third-order valence-electron chi connectivity index (χ3n) is 2.14. The van der Waals surface area contributed by atoms with Gasteiger partial charge in [-0.15, -0.1) is 0 Å². The summed E-state index contributed by atoms with van der Waals surface area (Å²) < 4.78 is 43.9. The largest absolute Gasteiger partial charge is 0.389 e. The molecule has 1 N–H and O–H groups in total. The second-order valence-electron chi connectivity index (χ2n) is 3.45. The summed E-state index contributed by atoms with van der Waals surface area (Å²) in [6.07, 6.45) is -2.67. The molecule has 0 radical (unpaired) electrons. The molecule has 1 rings (SSSR count). The Hall–Kier alpha value is -0.690. The van der Waals surface area contributed by atoms with Crippen LogP contribution >= 0.6 is 11.7 Å². The van der Waals surface area contributed by atoms with Crippen LogP contribution in [0.2, 0.25) is 0 Å². The maximum atomic E-state index is 12.0. The molecule has 0 saturated carbocycles. The third-order valence-corrected chi connectivity index (χ3v) is 2.63. The summed E-state index contributed by atoms with van der Waals surface area (Å²) in [4.78, 5) is 0. The third kappa shape index (κ3) is 4.89. The number of aromatic nitrogens is 2. The van der Waals surface area contributed by atoms with Crippen LogP contribution in [0, 0.1) is 0 Å². The first-order chi connectivity index (χ1) is 7.53. The van der Waals surface area contributed by atoms with Gasteiger partial charge in [-0.05, 0) is 19.4 Å². The van der Waals surface area contributed by atoms with Crippen molar-refractivity contribution in [3.8, 4) is 0 Å². The molecule has 0 aromatic carbocycles. The molecule has 92 valence electrons. The van der Waals surface area contributed by atoms with Gasteiger partial charge in [-0.1, -0.05) is 6.92 Å². The van der Waals surface area contributed by atoms with Gasteiger partial charge in [0.15, 0.2) is 0 Å². The number of alkyl halides is 3. The highest BCUT2D eigenvalue weighted by Crippen LogP contribution is 2.25. The van der Waals surface area contributed by atoms with Crippen LogP contribution in [-0.4, -0.2) is 21.5 Å². The number of hydrogen-bond donors (Lipinski definition) is 1. The van der Waals surface area contributed by atoms with Crippen molar-refractivity contribution in [3.63, 3.8) is 0 Å². The lowest BCUT2D eigenvalue weighted by Gasteiger charge is -2.15. The Balaban J connectivity index is 2.41. The van der Waals surface area contributed by atoms with E-state index in [4.69, 9.17) is 0 Å². The smallest absolute Gasteiger partial charge is 0.309 e. The molecule has 1 atom stereocenters. The van der Waals surface area contributed by atoms with Gasteiger partial charge in [-0.25, -0.2) is 0 Å². The van der Waals surface area contributed by atoms with Crippen LogP contribution in [-0.2, 0) is 0 Å². The molecule has 0 bridgehead atoms. The van der Waals surface area contributed by atoms with Crippen molar-refractivity contribution in [2.75, 3.05) is 6.54 Å². The summed E-state index contributed by atoms with van der Waals surface area (Å²) in [6.45, 7) is 2.62. The average Bonchev–Trinajstić information content (AvgIpc) is 2.67. The number of hydrogen-bond acceptors (Lipinski definition) is 4. The van der Waals surface area contributed by atoms with Crippen molar-refractivity contribution < 1.29 is 13.2 Å². The maximum absolute atomic E-state index is 12.0. The van der Waals surface area contributed by atoms with Crippen LogP contribution in [0.4, 0.5) is 13.2 Å². The summed E-state index contributed by atoms with van der Waals surface area (Å²) >= 11 is 1.07. The monoisotopic (exact) mass is 253 g/mol. The summed E-state index contributed by atoms with van der Waals surface area (Å²) in [5, 5.41) is 3.11. The molecule has 0 aliphatic heterocycles. The zero-order valence-corrected chi connectivity index (χ0v) is 9.74. The van der Waals surface area contributed by atoms with E-state index in [0.717, 1.165) is 17.4 Å². The molecule has 1 heterocycles. The van der Waals surface area contributed by atoms with Gasteiger partial charge in [0, 0.05) is 6.42 Å². The lowest BCUT2D eigenvalue weighted by atomic mass is 10.1. The summed E-state index contributed by atoms with van der Waals surface area (Å²) in [5.41, 5.74) is 0.731. The molecule has 0 amide bonds. The van der Waals surface area contributed by atoms with Crippen LogP contribution in [0.5, 0.6) is 0 Å². The van der Waals surface area contributed by atoms with Gasteiger partial charge in [-0.3, -0.25) is 0 Å². The molecular weight excluding hydrogens is 239 g/mol. The van der Waals surface area contributed by atoms with Gasteiger partial charge in [-0.2, -0.15) is 21.9 Å². The van der Waals surface area contributed by atoms with Crippen LogP contribution in [0.15, 0.2) is 6.20 Å². The van der Waals surface area contributed by atoms with Crippen LogP contribution in [0.25, 0.3) is 0 Å². The second-order valence-corrected chi connectivity index (χ2v) is 4.01. The molecule has 1 aromatic rings. The molecule has 1 aromatic heterocycles. The van der Waals surface area contributed by atoms with Crippen molar-refractivity contribution in [1.29, 1.82) is 0 Å². The predicted molar refractivity (Wildman–Crippen MR) is 56.2 cm³/mol. The molecular formula is C9H14F3N3S. The standard InChI is InChI=1S/C9H14F3N3S/c1-2-13-7(8-6-14-16-15-8)4-3-5-9(10,11)12/h6-7,13H,2-5H2,1H3.